The smallest absolute Gasteiger partial charge is 0.249 e. The van der Waals surface area contributed by atoms with Crippen molar-refractivity contribution >= 4 is 17.5 Å². The molecule has 6 heteroatoms. The van der Waals surface area contributed by atoms with E-state index in [2.05, 4.69) is 5.32 Å². The Hall–Kier alpha value is -1.92. The number of hydrogen-bond acceptors (Lipinski definition) is 4. The zero-order valence-electron chi connectivity index (χ0n) is 13.1. The second-order valence-corrected chi connectivity index (χ2v) is 6.09. The summed E-state index contributed by atoms with van der Waals surface area (Å²) in [7, 11) is 0. The molecule has 0 aromatic heterocycles. The Kier molecular flexibility index (Phi) is 4.93. The van der Waals surface area contributed by atoms with Crippen LogP contribution >= 0.6 is 0 Å². The molecule has 3 atom stereocenters. The molecular formula is C17H23N3O3. The van der Waals surface area contributed by atoms with E-state index in [0.717, 1.165) is 18.5 Å². The van der Waals surface area contributed by atoms with Gasteiger partial charge in [0.2, 0.25) is 11.8 Å². The predicted molar refractivity (Wildman–Crippen MR) is 86.9 cm³/mol. The third-order valence-corrected chi connectivity index (χ3v) is 4.49. The van der Waals surface area contributed by atoms with E-state index in [1.807, 2.05) is 30.3 Å². The Morgan fingerprint density at radius 3 is 2.74 bits per heavy atom. The van der Waals surface area contributed by atoms with Crippen LogP contribution in [0.25, 0.3) is 0 Å². The molecule has 2 heterocycles. The van der Waals surface area contributed by atoms with Crippen molar-refractivity contribution in [2.75, 3.05) is 18.0 Å². The number of para-hydroxylation sites is 1. The lowest BCUT2D eigenvalue weighted by Crippen LogP contribution is -2.54. The van der Waals surface area contributed by atoms with Crippen LogP contribution in [0.1, 0.15) is 25.7 Å². The normalized spacial score (nSPS) is 28.0. The molecule has 2 aliphatic rings. The lowest BCUT2D eigenvalue weighted by atomic mass is 10.0. The molecule has 0 spiro atoms. The van der Waals surface area contributed by atoms with E-state index in [1.165, 1.54) is 0 Å². The zero-order chi connectivity index (χ0) is 16.2. The van der Waals surface area contributed by atoms with Gasteiger partial charge >= 0.3 is 0 Å². The highest BCUT2D eigenvalue weighted by atomic mass is 16.5. The number of hydrogen-bond donors (Lipinski definition) is 2. The van der Waals surface area contributed by atoms with Crippen molar-refractivity contribution in [3.63, 3.8) is 0 Å². The molecule has 124 valence electrons. The summed E-state index contributed by atoms with van der Waals surface area (Å²) in [5.74, 6) is -0.251. The van der Waals surface area contributed by atoms with Gasteiger partial charge in [0.1, 0.15) is 12.1 Å². The molecule has 6 nitrogen and oxygen atoms in total. The van der Waals surface area contributed by atoms with E-state index in [0.29, 0.717) is 25.9 Å². The summed E-state index contributed by atoms with van der Waals surface area (Å²) in [4.78, 5) is 26.7. The second kappa shape index (κ2) is 7.10. The van der Waals surface area contributed by atoms with Gasteiger partial charge in [0.25, 0.3) is 0 Å². The van der Waals surface area contributed by atoms with Crippen LogP contribution < -0.4 is 16.0 Å². The molecule has 1 aromatic carbocycles. The average molecular weight is 317 g/mol. The number of piperidine rings is 1. The number of nitrogens with zero attached hydrogens (tertiary/aromatic N) is 1. The van der Waals surface area contributed by atoms with Crippen molar-refractivity contribution in [1.82, 2.24) is 5.32 Å². The largest absolute Gasteiger partial charge is 0.364 e. The fourth-order valence-corrected chi connectivity index (χ4v) is 3.21. The third kappa shape index (κ3) is 3.54. The van der Waals surface area contributed by atoms with Gasteiger partial charge in [0.15, 0.2) is 0 Å². The van der Waals surface area contributed by atoms with Crippen LogP contribution in [-0.4, -0.2) is 43.2 Å². The second-order valence-electron chi connectivity index (χ2n) is 6.09. The van der Waals surface area contributed by atoms with Crippen LogP contribution in [0.15, 0.2) is 30.3 Å². The van der Waals surface area contributed by atoms with Gasteiger partial charge in [-0.15, -0.1) is 0 Å². The number of ether oxygens (including phenoxy) is 1. The van der Waals surface area contributed by atoms with Crippen LogP contribution in [0.5, 0.6) is 0 Å². The maximum absolute atomic E-state index is 12.6. The number of nitrogens with one attached hydrogen (secondary N) is 1. The van der Waals surface area contributed by atoms with Gasteiger partial charge in [-0.3, -0.25) is 9.59 Å². The van der Waals surface area contributed by atoms with E-state index >= 15 is 0 Å². The van der Waals surface area contributed by atoms with Gasteiger partial charge < -0.3 is 20.7 Å². The maximum Gasteiger partial charge on any atom is 0.249 e. The lowest BCUT2D eigenvalue weighted by Gasteiger charge is -2.33. The van der Waals surface area contributed by atoms with Crippen LogP contribution in [-0.2, 0) is 14.3 Å². The molecule has 2 fully saturated rings. The number of anilines is 1. The minimum absolute atomic E-state index is 0.0476. The zero-order valence-corrected chi connectivity index (χ0v) is 13.1. The summed E-state index contributed by atoms with van der Waals surface area (Å²) in [6, 6.07) is 9.08. The fourth-order valence-electron chi connectivity index (χ4n) is 3.21. The SMILES string of the molecule is NC[C@H]1CC[C@@H](C(=O)NC2CCCN(c3ccccc3)C2=O)O1. The minimum Gasteiger partial charge on any atom is -0.364 e. The van der Waals surface area contributed by atoms with Crippen molar-refractivity contribution in [3.8, 4) is 0 Å². The number of amides is 2. The molecular weight excluding hydrogens is 294 g/mol. The van der Waals surface area contributed by atoms with E-state index in [9.17, 15) is 9.59 Å². The van der Waals surface area contributed by atoms with Gasteiger partial charge in [-0.05, 0) is 37.8 Å². The van der Waals surface area contributed by atoms with Gasteiger partial charge in [-0.1, -0.05) is 18.2 Å². The van der Waals surface area contributed by atoms with Crippen LogP contribution in [0.4, 0.5) is 5.69 Å². The monoisotopic (exact) mass is 317 g/mol. The molecule has 0 bridgehead atoms. The highest BCUT2D eigenvalue weighted by molar-refractivity contribution is 6.00. The van der Waals surface area contributed by atoms with E-state index in [1.54, 1.807) is 4.90 Å². The van der Waals surface area contributed by atoms with Gasteiger partial charge in [0.05, 0.1) is 6.10 Å². The topological polar surface area (TPSA) is 84.7 Å². The third-order valence-electron chi connectivity index (χ3n) is 4.49. The number of benzene rings is 1. The van der Waals surface area contributed by atoms with Crippen molar-refractivity contribution in [1.29, 1.82) is 0 Å². The summed E-state index contributed by atoms with van der Waals surface area (Å²) in [6.07, 6.45) is 2.46. The molecule has 2 aliphatic heterocycles. The number of nitrogens with two attached hydrogens (primary N) is 1. The molecule has 23 heavy (non-hydrogen) atoms. The fraction of sp³-hybridized carbons (Fsp3) is 0.529. The predicted octanol–water partition coefficient (Wildman–Crippen LogP) is 0.804. The first kappa shape index (κ1) is 16.0. The molecule has 2 amide bonds. The Labute approximate surface area is 136 Å². The van der Waals surface area contributed by atoms with Gasteiger partial charge in [0, 0.05) is 18.8 Å². The summed E-state index contributed by atoms with van der Waals surface area (Å²) < 4.78 is 5.60. The number of carbonyl (C=O) groups excluding carboxylic acids is 2. The number of carbonyl (C=O) groups is 2. The van der Waals surface area contributed by atoms with Gasteiger partial charge in [-0.25, -0.2) is 0 Å². The standard InChI is InChI=1S/C17H23N3O3/c18-11-13-8-9-15(23-13)16(21)19-14-7-4-10-20(17(14)22)12-5-2-1-3-6-12/h1-3,5-6,13-15H,4,7-11,18H2,(H,19,21)/t13-,14?,15+/m1/s1. The Bertz CT molecular complexity index is 563. The molecule has 1 unspecified atom stereocenters. The first-order valence-corrected chi connectivity index (χ1v) is 8.21. The maximum atomic E-state index is 12.6. The van der Waals surface area contributed by atoms with Crippen molar-refractivity contribution in [2.24, 2.45) is 5.73 Å². The van der Waals surface area contributed by atoms with Crippen molar-refractivity contribution in [2.45, 2.75) is 43.9 Å². The van der Waals surface area contributed by atoms with Crippen molar-refractivity contribution in [3.05, 3.63) is 30.3 Å². The summed E-state index contributed by atoms with van der Waals surface area (Å²) >= 11 is 0. The number of rotatable bonds is 4. The van der Waals surface area contributed by atoms with Gasteiger partial charge in [-0.2, -0.15) is 0 Å². The van der Waals surface area contributed by atoms with E-state index in [4.69, 9.17) is 10.5 Å². The van der Waals surface area contributed by atoms with Crippen LogP contribution in [0.3, 0.4) is 0 Å². The molecule has 0 saturated carbocycles. The van der Waals surface area contributed by atoms with Crippen LogP contribution in [0.2, 0.25) is 0 Å². The molecule has 0 radical (unpaired) electrons. The molecule has 3 rings (SSSR count). The highest BCUT2D eigenvalue weighted by Gasteiger charge is 2.35. The Balaban J connectivity index is 1.62. The molecule has 0 aliphatic carbocycles. The molecule has 1 aromatic rings. The molecule has 2 saturated heterocycles. The minimum atomic E-state index is -0.483. The summed E-state index contributed by atoms with van der Waals surface area (Å²) in [6.45, 7) is 1.11. The highest BCUT2D eigenvalue weighted by Crippen LogP contribution is 2.22. The Morgan fingerprint density at radius 2 is 2.04 bits per heavy atom. The summed E-state index contributed by atoms with van der Waals surface area (Å²) in [5, 5.41) is 2.86. The Morgan fingerprint density at radius 1 is 1.26 bits per heavy atom. The average Bonchev–Trinajstić information content (AvgIpc) is 3.07. The first-order valence-electron chi connectivity index (χ1n) is 8.21. The van der Waals surface area contributed by atoms with Crippen molar-refractivity contribution < 1.29 is 14.3 Å². The van der Waals surface area contributed by atoms with E-state index in [-0.39, 0.29) is 17.9 Å². The quantitative estimate of drug-likeness (QED) is 0.860. The van der Waals surface area contributed by atoms with Crippen LogP contribution in [0, 0.1) is 0 Å². The lowest BCUT2D eigenvalue weighted by molar-refractivity contribution is -0.135. The first-order chi connectivity index (χ1) is 11.2. The molecule has 3 N–H and O–H groups in total. The van der Waals surface area contributed by atoms with E-state index < -0.39 is 12.1 Å². The summed E-state index contributed by atoms with van der Waals surface area (Å²) in [5.41, 5.74) is 6.44.